The van der Waals surface area contributed by atoms with E-state index in [1.807, 2.05) is 11.8 Å². The Hall–Kier alpha value is -1.76. The quantitative estimate of drug-likeness (QED) is 0.725. The summed E-state index contributed by atoms with van der Waals surface area (Å²) in [5.74, 6) is 0.0966. The summed E-state index contributed by atoms with van der Waals surface area (Å²) in [6.07, 6.45) is 2.07. The highest BCUT2D eigenvalue weighted by molar-refractivity contribution is 5.70. The van der Waals surface area contributed by atoms with Gasteiger partial charge in [-0.05, 0) is 16.3 Å². The van der Waals surface area contributed by atoms with Crippen LogP contribution in [0.25, 0.3) is 5.57 Å². The second-order valence-electron chi connectivity index (χ2n) is 3.98. The molecule has 1 aromatic rings. The summed E-state index contributed by atoms with van der Waals surface area (Å²) in [7, 11) is 0. The Bertz CT molecular complexity index is 400. The molecule has 0 amide bonds. The number of nitrogens with zero attached hydrogens (tertiary/aromatic N) is 4. The lowest BCUT2D eigenvalue weighted by molar-refractivity contribution is -0.138. The topological polar surface area (TPSA) is 95.0 Å². The average Bonchev–Trinajstić information content (AvgIpc) is 2.67. The molecule has 1 unspecified atom stereocenters. The van der Waals surface area contributed by atoms with E-state index in [0.29, 0.717) is 18.3 Å². The third-order valence-corrected chi connectivity index (χ3v) is 2.43. The predicted octanol–water partition coefficient (Wildman–Crippen LogP) is -0.381. The first-order valence-electron chi connectivity index (χ1n) is 5.04. The monoisotopic (exact) mass is 223 g/mol. The molecule has 16 heavy (non-hydrogen) atoms. The van der Waals surface area contributed by atoms with Gasteiger partial charge in [0.2, 0.25) is 0 Å². The Morgan fingerprint density at radius 2 is 2.56 bits per heavy atom. The SMILES string of the molecule is CC1C=C(c2nnn[nH]2)CN(CC(=O)O)C1. The Morgan fingerprint density at radius 3 is 3.19 bits per heavy atom. The molecular weight excluding hydrogens is 210 g/mol. The first kappa shape index (κ1) is 10.7. The predicted molar refractivity (Wildman–Crippen MR) is 55.4 cm³/mol. The molecular formula is C9H13N5O2. The van der Waals surface area contributed by atoms with Gasteiger partial charge in [0, 0.05) is 18.7 Å². The van der Waals surface area contributed by atoms with Crippen molar-refractivity contribution in [2.75, 3.05) is 19.6 Å². The number of carbonyl (C=O) groups is 1. The smallest absolute Gasteiger partial charge is 0.317 e. The highest BCUT2D eigenvalue weighted by Crippen LogP contribution is 2.20. The fraction of sp³-hybridized carbons (Fsp3) is 0.556. The van der Waals surface area contributed by atoms with Gasteiger partial charge in [-0.3, -0.25) is 9.69 Å². The number of hydrogen-bond acceptors (Lipinski definition) is 5. The van der Waals surface area contributed by atoms with E-state index in [0.717, 1.165) is 12.1 Å². The molecule has 86 valence electrons. The second-order valence-corrected chi connectivity index (χ2v) is 3.98. The minimum absolute atomic E-state index is 0.0449. The maximum Gasteiger partial charge on any atom is 0.317 e. The zero-order valence-corrected chi connectivity index (χ0v) is 8.92. The van der Waals surface area contributed by atoms with Crippen LogP contribution in [0.15, 0.2) is 6.08 Å². The summed E-state index contributed by atoms with van der Waals surface area (Å²) in [5.41, 5.74) is 0.949. The number of aromatic nitrogens is 4. The van der Waals surface area contributed by atoms with Gasteiger partial charge in [0.25, 0.3) is 0 Å². The van der Waals surface area contributed by atoms with Crippen LogP contribution >= 0.6 is 0 Å². The van der Waals surface area contributed by atoms with Crippen LogP contribution in [0.1, 0.15) is 12.7 Å². The highest BCUT2D eigenvalue weighted by atomic mass is 16.4. The summed E-state index contributed by atoms with van der Waals surface area (Å²) >= 11 is 0. The van der Waals surface area contributed by atoms with Gasteiger partial charge >= 0.3 is 5.97 Å². The molecule has 7 nitrogen and oxygen atoms in total. The van der Waals surface area contributed by atoms with Crippen LogP contribution in [0.4, 0.5) is 0 Å². The van der Waals surface area contributed by atoms with Crippen LogP contribution in [0.3, 0.4) is 0 Å². The third-order valence-electron chi connectivity index (χ3n) is 2.43. The maximum absolute atomic E-state index is 10.7. The van der Waals surface area contributed by atoms with Crippen molar-refractivity contribution in [3.05, 3.63) is 11.9 Å². The number of aliphatic carboxylic acids is 1. The van der Waals surface area contributed by atoms with Crippen LogP contribution < -0.4 is 0 Å². The Kier molecular flexibility index (Phi) is 2.95. The Balaban J connectivity index is 2.12. The van der Waals surface area contributed by atoms with Gasteiger partial charge in [-0.25, -0.2) is 5.10 Å². The molecule has 7 heteroatoms. The van der Waals surface area contributed by atoms with Gasteiger partial charge in [0.05, 0.1) is 6.54 Å². The Labute approximate surface area is 92.1 Å². The molecule has 0 bridgehead atoms. The standard InChI is InChI=1S/C9H13N5O2/c1-6-2-7(9-10-12-13-11-9)4-14(3-6)5-8(15)16/h2,6H,3-5H2,1H3,(H,15,16)(H,10,11,12,13). The second kappa shape index (κ2) is 4.40. The lowest BCUT2D eigenvalue weighted by Gasteiger charge is -2.28. The fourth-order valence-corrected chi connectivity index (χ4v) is 1.92. The molecule has 2 N–H and O–H groups in total. The molecule has 0 saturated carbocycles. The van der Waals surface area contributed by atoms with Crippen molar-refractivity contribution in [1.29, 1.82) is 0 Å². The van der Waals surface area contributed by atoms with Crippen molar-refractivity contribution in [1.82, 2.24) is 25.5 Å². The number of carboxylic acid groups (broad SMARTS) is 1. The average molecular weight is 223 g/mol. The number of aromatic amines is 1. The van der Waals surface area contributed by atoms with Crippen molar-refractivity contribution in [2.45, 2.75) is 6.92 Å². The number of tetrazole rings is 1. The molecule has 0 spiro atoms. The van der Waals surface area contributed by atoms with E-state index in [1.54, 1.807) is 0 Å². The van der Waals surface area contributed by atoms with Crippen molar-refractivity contribution < 1.29 is 9.90 Å². The van der Waals surface area contributed by atoms with Crippen LogP contribution in [0.5, 0.6) is 0 Å². The number of nitrogens with one attached hydrogen (secondary N) is 1. The van der Waals surface area contributed by atoms with Crippen LogP contribution in [0, 0.1) is 5.92 Å². The van der Waals surface area contributed by atoms with Crippen LogP contribution in [-0.2, 0) is 4.79 Å². The van der Waals surface area contributed by atoms with E-state index in [1.165, 1.54) is 0 Å². The van der Waals surface area contributed by atoms with Crippen LogP contribution in [-0.4, -0.2) is 56.2 Å². The third kappa shape index (κ3) is 2.43. The van der Waals surface area contributed by atoms with E-state index in [2.05, 4.69) is 26.7 Å². The van der Waals surface area contributed by atoms with Gasteiger partial charge < -0.3 is 5.11 Å². The zero-order chi connectivity index (χ0) is 11.5. The van der Waals surface area contributed by atoms with Gasteiger partial charge in [-0.2, -0.15) is 0 Å². The number of H-pyrrole nitrogens is 1. The summed E-state index contributed by atoms with van der Waals surface area (Å²) < 4.78 is 0. The van der Waals surface area contributed by atoms with E-state index in [9.17, 15) is 4.79 Å². The van der Waals surface area contributed by atoms with Crippen molar-refractivity contribution >= 4 is 11.5 Å². The van der Waals surface area contributed by atoms with Gasteiger partial charge in [0.1, 0.15) is 0 Å². The summed E-state index contributed by atoms with van der Waals surface area (Å²) in [4.78, 5) is 12.5. The molecule has 0 saturated heterocycles. The molecule has 1 aromatic heterocycles. The summed E-state index contributed by atoms with van der Waals surface area (Å²) in [6.45, 7) is 3.39. The normalized spacial score (nSPS) is 21.8. The van der Waals surface area contributed by atoms with Crippen molar-refractivity contribution in [2.24, 2.45) is 5.92 Å². The number of hydrogen-bond donors (Lipinski definition) is 2. The lowest BCUT2D eigenvalue weighted by Crippen LogP contribution is -2.37. The van der Waals surface area contributed by atoms with E-state index < -0.39 is 5.97 Å². The van der Waals surface area contributed by atoms with E-state index in [-0.39, 0.29) is 6.54 Å². The lowest BCUT2D eigenvalue weighted by atomic mass is 10.0. The maximum atomic E-state index is 10.7. The highest BCUT2D eigenvalue weighted by Gasteiger charge is 2.21. The molecule has 1 aliphatic rings. The van der Waals surface area contributed by atoms with Crippen molar-refractivity contribution in [3.63, 3.8) is 0 Å². The van der Waals surface area contributed by atoms with Gasteiger partial charge in [-0.15, -0.1) is 5.10 Å². The molecule has 2 rings (SSSR count). The van der Waals surface area contributed by atoms with Gasteiger partial charge in [0.15, 0.2) is 5.82 Å². The van der Waals surface area contributed by atoms with Crippen molar-refractivity contribution in [3.8, 4) is 0 Å². The molecule has 0 aliphatic carbocycles. The Morgan fingerprint density at radius 1 is 1.75 bits per heavy atom. The summed E-state index contributed by atoms with van der Waals surface area (Å²) in [5, 5.41) is 22.3. The largest absolute Gasteiger partial charge is 0.480 e. The fourth-order valence-electron chi connectivity index (χ4n) is 1.92. The molecule has 0 radical (unpaired) electrons. The van der Waals surface area contributed by atoms with Crippen LogP contribution in [0.2, 0.25) is 0 Å². The zero-order valence-electron chi connectivity index (χ0n) is 8.92. The number of rotatable bonds is 3. The molecule has 1 atom stereocenters. The number of carboxylic acids is 1. The molecule has 0 aromatic carbocycles. The molecule has 2 heterocycles. The summed E-state index contributed by atoms with van der Waals surface area (Å²) in [6, 6.07) is 0. The van der Waals surface area contributed by atoms with E-state index >= 15 is 0 Å². The van der Waals surface area contributed by atoms with E-state index in [4.69, 9.17) is 5.11 Å². The molecule has 0 fully saturated rings. The first-order valence-corrected chi connectivity index (χ1v) is 5.04. The minimum atomic E-state index is -0.816. The van der Waals surface area contributed by atoms with Gasteiger partial charge in [-0.1, -0.05) is 13.0 Å². The first-order chi connectivity index (χ1) is 7.65. The molecule has 1 aliphatic heterocycles. The minimum Gasteiger partial charge on any atom is -0.480 e.